The summed E-state index contributed by atoms with van der Waals surface area (Å²) in [6, 6.07) is -0.842. The van der Waals surface area contributed by atoms with Gasteiger partial charge in [-0.3, -0.25) is 4.90 Å². The summed E-state index contributed by atoms with van der Waals surface area (Å²) in [6.45, 7) is 0.156. The Kier molecular flexibility index (Phi) is 3.49. The van der Waals surface area contributed by atoms with Crippen LogP contribution in [0.3, 0.4) is 0 Å². The lowest BCUT2D eigenvalue weighted by Crippen LogP contribution is -2.40. The number of aromatic nitrogens is 4. The average molecular weight is 294 g/mol. The van der Waals surface area contributed by atoms with Crippen molar-refractivity contribution in [3.05, 3.63) is 12.7 Å². The van der Waals surface area contributed by atoms with Crippen molar-refractivity contribution in [1.82, 2.24) is 24.4 Å². The largest absolute Gasteiger partial charge is 0.395 e. The quantitative estimate of drug-likeness (QED) is 0.501. The summed E-state index contributed by atoms with van der Waals surface area (Å²) in [7, 11) is 1.76. The second-order valence-electron chi connectivity index (χ2n) is 5.29. The summed E-state index contributed by atoms with van der Waals surface area (Å²) in [6.07, 6.45) is 0.994. The van der Waals surface area contributed by atoms with E-state index in [4.69, 9.17) is 5.73 Å². The molecule has 1 fully saturated rings. The molecule has 0 saturated carbocycles. The van der Waals surface area contributed by atoms with Gasteiger partial charge in [-0.05, 0) is 7.05 Å². The predicted octanol–water partition coefficient (Wildman–Crippen LogP) is -2.19. The monoisotopic (exact) mass is 294 g/mol. The van der Waals surface area contributed by atoms with Gasteiger partial charge in [-0.2, -0.15) is 0 Å². The number of imidazole rings is 1. The van der Waals surface area contributed by atoms with Gasteiger partial charge >= 0.3 is 0 Å². The maximum Gasteiger partial charge on any atom is 0.165 e. The van der Waals surface area contributed by atoms with E-state index in [1.165, 1.54) is 6.33 Å². The van der Waals surface area contributed by atoms with Crippen LogP contribution in [0.5, 0.6) is 0 Å². The number of aliphatic hydroxyl groups excluding tert-OH is 3. The van der Waals surface area contributed by atoms with E-state index in [1.807, 2.05) is 0 Å². The number of hydrogen-bond acceptors (Lipinski definition) is 8. The molecule has 2 aromatic rings. The van der Waals surface area contributed by atoms with Crippen LogP contribution >= 0.6 is 0 Å². The predicted molar refractivity (Wildman–Crippen MR) is 74.2 cm³/mol. The Morgan fingerprint density at radius 3 is 2.57 bits per heavy atom. The van der Waals surface area contributed by atoms with Gasteiger partial charge in [0.2, 0.25) is 0 Å². The molecular weight excluding hydrogens is 276 g/mol. The number of nitrogen functional groups attached to an aromatic ring is 1. The smallest absolute Gasteiger partial charge is 0.165 e. The van der Waals surface area contributed by atoms with Crippen LogP contribution in [0.2, 0.25) is 0 Å². The van der Waals surface area contributed by atoms with Crippen molar-refractivity contribution in [2.75, 3.05) is 19.4 Å². The van der Waals surface area contributed by atoms with Crippen LogP contribution < -0.4 is 5.73 Å². The lowest BCUT2D eigenvalue weighted by molar-refractivity contribution is 0.0174. The molecule has 4 atom stereocenters. The van der Waals surface area contributed by atoms with Crippen molar-refractivity contribution in [3.63, 3.8) is 0 Å². The fourth-order valence-electron chi connectivity index (χ4n) is 2.89. The normalized spacial score (nSPS) is 30.3. The third kappa shape index (κ3) is 2.14. The van der Waals surface area contributed by atoms with Crippen molar-refractivity contribution < 1.29 is 15.3 Å². The molecule has 114 valence electrons. The highest BCUT2D eigenvalue weighted by Gasteiger charge is 2.45. The highest BCUT2D eigenvalue weighted by atomic mass is 16.3. The first-order valence-corrected chi connectivity index (χ1v) is 6.64. The third-order valence-electron chi connectivity index (χ3n) is 4.18. The maximum atomic E-state index is 10.2. The van der Waals surface area contributed by atoms with Gasteiger partial charge in [0, 0.05) is 6.54 Å². The van der Waals surface area contributed by atoms with Crippen LogP contribution in [0.1, 0.15) is 0 Å². The van der Waals surface area contributed by atoms with Crippen molar-refractivity contribution in [1.29, 1.82) is 0 Å². The third-order valence-corrected chi connectivity index (χ3v) is 4.18. The van der Waals surface area contributed by atoms with Gasteiger partial charge in [0.1, 0.15) is 11.8 Å². The maximum absolute atomic E-state index is 10.2. The zero-order chi connectivity index (χ0) is 15.1. The average Bonchev–Trinajstić information content (AvgIpc) is 2.96. The molecule has 21 heavy (non-hydrogen) atoms. The molecule has 0 radical (unpaired) electrons. The fourth-order valence-corrected chi connectivity index (χ4v) is 2.89. The number of likely N-dealkylation sites (tertiary alicyclic amines) is 1. The highest BCUT2D eigenvalue weighted by Crippen LogP contribution is 2.25. The van der Waals surface area contributed by atoms with Crippen molar-refractivity contribution in [2.24, 2.45) is 0 Å². The zero-order valence-electron chi connectivity index (χ0n) is 11.5. The molecular formula is C12H18N6O3. The van der Waals surface area contributed by atoms with Crippen molar-refractivity contribution >= 4 is 17.0 Å². The molecule has 2 aromatic heterocycles. The molecule has 3 rings (SSSR count). The van der Waals surface area contributed by atoms with Gasteiger partial charge < -0.3 is 25.6 Å². The molecule has 5 N–H and O–H groups in total. The van der Waals surface area contributed by atoms with Gasteiger partial charge in [0.25, 0.3) is 0 Å². The molecule has 1 aliphatic heterocycles. The van der Waals surface area contributed by atoms with E-state index in [-0.39, 0.29) is 12.6 Å². The lowest BCUT2D eigenvalue weighted by atomic mass is 10.1. The fraction of sp³-hybridized carbons (Fsp3) is 0.583. The molecule has 9 heteroatoms. The molecule has 0 spiro atoms. The van der Waals surface area contributed by atoms with Gasteiger partial charge in [-0.15, -0.1) is 0 Å². The van der Waals surface area contributed by atoms with E-state index >= 15 is 0 Å². The van der Waals surface area contributed by atoms with Crippen LogP contribution in [-0.2, 0) is 6.54 Å². The summed E-state index contributed by atoms with van der Waals surface area (Å²) in [5, 5.41) is 29.4. The van der Waals surface area contributed by atoms with Gasteiger partial charge in [0.05, 0.1) is 37.2 Å². The Hall–Kier alpha value is -1.81. The molecule has 3 heterocycles. The van der Waals surface area contributed by atoms with Crippen molar-refractivity contribution in [3.8, 4) is 0 Å². The van der Waals surface area contributed by atoms with E-state index in [1.54, 1.807) is 22.8 Å². The number of hydrogen-bond donors (Lipinski definition) is 4. The number of nitrogens with zero attached hydrogens (tertiary/aromatic N) is 5. The molecule has 9 nitrogen and oxygen atoms in total. The lowest BCUT2D eigenvalue weighted by Gasteiger charge is -2.25. The first-order chi connectivity index (χ1) is 10.0. The Morgan fingerprint density at radius 1 is 1.19 bits per heavy atom. The Labute approximate surface area is 120 Å². The topological polar surface area (TPSA) is 134 Å². The van der Waals surface area contributed by atoms with Gasteiger partial charge in [-0.1, -0.05) is 0 Å². The Bertz CT molecular complexity index is 647. The van der Waals surface area contributed by atoms with E-state index < -0.39 is 18.2 Å². The summed E-state index contributed by atoms with van der Waals surface area (Å²) in [4.78, 5) is 14.0. The van der Waals surface area contributed by atoms with Gasteiger partial charge in [-0.25, -0.2) is 15.0 Å². The molecule has 1 saturated heterocycles. The zero-order valence-corrected chi connectivity index (χ0v) is 11.5. The van der Waals surface area contributed by atoms with Crippen LogP contribution in [0.25, 0.3) is 11.2 Å². The summed E-state index contributed by atoms with van der Waals surface area (Å²) < 4.78 is 1.75. The minimum absolute atomic E-state index is 0.217. The molecule has 0 unspecified atom stereocenters. The Balaban J connectivity index is 1.90. The van der Waals surface area contributed by atoms with Crippen LogP contribution in [0.4, 0.5) is 5.82 Å². The van der Waals surface area contributed by atoms with E-state index in [0.29, 0.717) is 23.5 Å². The number of nitrogens with two attached hydrogens (primary N) is 1. The standard InChI is InChI=1S/C12H18N6O3/c1-17-6(9(20)10(21)7(17)3-19)2-18-5-16-8-11(13)14-4-15-12(8)18/h4-7,9-10,19-21H,2-3H2,1H3,(H2,13,14,15)/t6-,7-,9+,10+/m0/s1. The molecule has 0 amide bonds. The Morgan fingerprint density at radius 2 is 1.90 bits per heavy atom. The first kappa shape index (κ1) is 14.1. The number of likely N-dealkylation sites (N-methyl/N-ethyl adjacent to an activating group) is 1. The van der Waals surface area contributed by atoms with E-state index in [9.17, 15) is 15.3 Å². The highest BCUT2D eigenvalue weighted by molar-refractivity contribution is 5.81. The second-order valence-corrected chi connectivity index (χ2v) is 5.29. The SMILES string of the molecule is CN1[C@@H](CO)[C@@H](O)[C@H](O)[C@@H]1Cn1cnc2c(N)ncnc21. The van der Waals surface area contributed by atoms with Crippen LogP contribution in [0, 0.1) is 0 Å². The van der Waals surface area contributed by atoms with Crippen molar-refractivity contribution in [2.45, 2.75) is 30.8 Å². The summed E-state index contributed by atoms with van der Waals surface area (Å²) in [5.74, 6) is 0.298. The minimum atomic E-state index is -0.987. The molecule has 0 bridgehead atoms. The summed E-state index contributed by atoms with van der Waals surface area (Å²) in [5.41, 5.74) is 6.82. The number of rotatable bonds is 3. The molecule has 0 aromatic carbocycles. The molecule has 1 aliphatic rings. The number of anilines is 1. The first-order valence-electron chi connectivity index (χ1n) is 6.64. The number of aliphatic hydroxyl groups is 3. The minimum Gasteiger partial charge on any atom is -0.395 e. The van der Waals surface area contributed by atoms with Crippen LogP contribution in [-0.4, -0.2) is 77.7 Å². The molecule has 0 aliphatic carbocycles. The van der Waals surface area contributed by atoms with Gasteiger partial charge in [0.15, 0.2) is 11.5 Å². The second kappa shape index (κ2) is 5.19. The van der Waals surface area contributed by atoms with Crippen LogP contribution in [0.15, 0.2) is 12.7 Å². The van der Waals surface area contributed by atoms with E-state index in [2.05, 4.69) is 15.0 Å². The van der Waals surface area contributed by atoms with E-state index in [0.717, 1.165) is 0 Å². The summed E-state index contributed by atoms with van der Waals surface area (Å²) >= 11 is 0. The number of fused-ring (bicyclic) bond motifs is 1.